The van der Waals surface area contributed by atoms with Crippen molar-refractivity contribution in [2.75, 3.05) is 13.1 Å². The monoisotopic (exact) mass is 252 g/mol. The number of aliphatic hydroxyl groups is 1. The summed E-state index contributed by atoms with van der Waals surface area (Å²) in [7, 11) is 0. The van der Waals surface area contributed by atoms with Gasteiger partial charge in [-0.3, -0.25) is 4.79 Å². The number of hydrogen-bond donors (Lipinski definition) is 2. The fourth-order valence-electron chi connectivity index (χ4n) is 2.24. The van der Waals surface area contributed by atoms with Gasteiger partial charge in [-0.2, -0.15) is 0 Å². The van der Waals surface area contributed by atoms with Crippen molar-refractivity contribution in [2.45, 2.75) is 38.8 Å². The molecule has 6 nitrogen and oxygen atoms in total. The van der Waals surface area contributed by atoms with Gasteiger partial charge in [0.2, 0.25) is 0 Å². The van der Waals surface area contributed by atoms with Gasteiger partial charge in [-0.15, -0.1) is 5.10 Å². The molecule has 0 saturated carbocycles. The Morgan fingerprint density at radius 3 is 3.00 bits per heavy atom. The summed E-state index contributed by atoms with van der Waals surface area (Å²) in [5, 5.41) is 20.4. The summed E-state index contributed by atoms with van der Waals surface area (Å²) < 4.78 is 1.57. The van der Waals surface area contributed by atoms with E-state index in [9.17, 15) is 9.90 Å². The molecule has 2 heterocycles. The van der Waals surface area contributed by atoms with Crippen LogP contribution in [-0.2, 0) is 17.8 Å². The molecule has 1 unspecified atom stereocenters. The number of ketones is 1. The van der Waals surface area contributed by atoms with E-state index in [0.29, 0.717) is 6.42 Å². The zero-order chi connectivity index (χ0) is 13.0. The fraction of sp³-hybridized carbons (Fsp3) is 0.750. The number of carbonyl (C=O) groups excluding carboxylic acids is 1. The molecule has 6 heteroatoms. The summed E-state index contributed by atoms with van der Waals surface area (Å²) >= 11 is 0. The molecule has 18 heavy (non-hydrogen) atoms. The summed E-state index contributed by atoms with van der Waals surface area (Å²) in [6, 6.07) is 0. The molecule has 1 aliphatic rings. The normalized spacial score (nSPS) is 18.8. The van der Waals surface area contributed by atoms with E-state index in [0.717, 1.165) is 31.6 Å². The van der Waals surface area contributed by atoms with E-state index in [1.807, 2.05) is 0 Å². The molecule has 0 spiro atoms. The van der Waals surface area contributed by atoms with Crippen LogP contribution in [0.5, 0.6) is 0 Å². The number of Topliss-reactive ketones (excluding diaryl/α,β-unsaturated/α-hetero) is 1. The SMILES string of the molecule is CC(O)Cc1cn(CC(=O)C2CCNCC2)nn1. The molecule has 2 rings (SSSR count). The van der Waals surface area contributed by atoms with Crippen molar-refractivity contribution >= 4 is 5.78 Å². The van der Waals surface area contributed by atoms with Crippen LogP contribution in [0.3, 0.4) is 0 Å². The molecular weight excluding hydrogens is 232 g/mol. The third kappa shape index (κ3) is 3.61. The average Bonchev–Trinajstić information content (AvgIpc) is 2.76. The number of rotatable bonds is 5. The molecule has 0 radical (unpaired) electrons. The molecule has 2 N–H and O–H groups in total. The zero-order valence-electron chi connectivity index (χ0n) is 10.7. The number of piperidine rings is 1. The minimum absolute atomic E-state index is 0.149. The second-order valence-electron chi connectivity index (χ2n) is 4.95. The minimum Gasteiger partial charge on any atom is -0.393 e. The van der Waals surface area contributed by atoms with Gasteiger partial charge in [0.1, 0.15) is 6.54 Å². The first-order valence-corrected chi connectivity index (χ1v) is 6.45. The Hall–Kier alpha value is -1.27. The Bertz CT molecular complexity index is 397. The van der Waals surface area contributed by atoms with Gasteiger partial charge in [0.25, 0.3) is 0 Å². The summed E-state index contributed by atoms with van der Waals surface area (Å²) in [5.74, 6) is 0.376. The Morgan fingerprint density at radius 2 is 2.33 bits per heavy atom. The first kappa shape index (κ1) is 13.2. The van der Waals surface area contributed by atoms with Gasteiger partial charge in [-0.25, -0.2) is 4.68 Å². The van der Waals surface area contributed by atoms with Crippen molar-refractivity contribution in [3.8, 4) is 0 Å². The fourth-order valence-corrected chi connectivity index (χ4v) is 2.24. The largest absolute Gasteiger partial charge is 0.393 e. The molecule has 1 aliphatic heterocycles. The lowest BCUT2D eigenvalue weighted by molar-refractivity contribution is -0.124. The van der Waals surface area contributed by atoms with Crippen molar-refractivity contribution < 1.29 is 9.90 Å². The van der Waals surface area contributed by atoms with E-state index < -0.39 is 6.10 Å². The molecule has 100 valence electrons. The van der Waals surface area contributed by atoms with Gasteiger partial charge in [0.15, 0.2) is 5.78 Å². The topological polar surface area (TPSA) is 80.0 Å². The van der Waals surface area contributed by atoms with Gasteiger partial charge in [0, 0.05) is 18.5 Å². The Kier molecular flexibility index (Phi) is 4.43. The second kappa shape index (κ2) is 6.06. The summed E-state index contributed by atoms with van der Waals surface area (Å²) in [6.45, 7) is 3.83. The van der Waals surface area contributed by atoms with Gasteiger partial charge >= 0.3 is 0 Å². The lowest BCUT2D eigenvalue weighted by atomic mass is 9.93. The number of aliphatic hydroxyl groups excluding tert-OH is 1. The Balaban J connectivity index is 1.88. The summed E-state index contributed by atoms with van der Waals surface area (Å²) in [5.41, 5.74) is 0.725. The van der Waals surface area contributed by atoms with Gasteiger partial charge in [0.05, 0.1) is 11.8 Å². The molecule has 1 fully saturated rings. The predicted molar refractivity (Wildman–Crippen MR) is 66.0 cm³/mol. The van der Waals surface area contributed by atoms with Crippen molar-refractivity contribution in [2.24, 2.45) is 5.92 Å². The highest BCUT2D eigenvalue weighted by Crippen LogP contribution is 2.13. The van der Waals surface area contributed by atoms with Crippen molar-refractivity contribution in [3.63, 3.8) is 0 Å². The van der Waals surface area contributed by atoms with Gasteiger partial charge < -0.3 is 10.4 Å². The van der Waals surface area contributed by atoms with Crippen LogP contribution in [0, 0.1) is 5.92 Å². The molecule has 0 aliphatic carbocycles. The smallest absolute Gasteiger partial charge is 0.157 e. The van der Waals surface area contributed by atoms with Crippen LogP contribution >= 0.6 is 0 Å². The lowest BCUT2D eigenvalue weighted by Crippen LogP contribution is -2.33. The molecular formula is C12H20N4O2. The third-order valence-corrected chi connectivity index (χ3v) is 3.20. The van der Waals surface area contributed by atoms with Crippen LogP contribution in [0.2, 0.25) is 0 Å². The number of carbonyl (C=O) groups is 1. The van der Waals surface area contributed by atoms with Crippen LogP contribution in [0.4, 0.5) is 0 Å². The quantitative estimate of drug-likeness (QED) is 0.756. The molecule has 1 aromatic heterocycles. The summed E-state index contributed by atoms with van der Waals surface area (Å²) in [4.78, 5) is 12.0. The van der Waals surface area contributed by atoms with Crippen molar-refractivity contribution in [3.05, 3.63) is 11.9 Å². The average molecular weight is 252 g/mol. The number of nitrogens with one attached hydrogen (secondary N) is 1. The Morgan fingerprint density at radius 1 is 1.61 bits per heavy atom. The first-order valence-electron chi connectivity index (χ1n) is 6.45. The first-order chi connectivity index (χ1) is 8.65. The minimum atomic E-state index is -0.435. The molecule has 1 saturated heterocycles. The lowest BCUT2D eigenvalue weighted by Gasteiger charge is -2.21. The maximum Gasteiger partial charge on any atom is 0.157 e. The van der Waals surface area contributed by atoms with Crippen LogP contribution in [0.15, 0.2) is 6.20 Å². The van der Waals surface area contributed by atoms with Crippen LogP contribution in [0.1, 0.15) is 25.5 Å². The molecule has 1 aromatic rings. The molecule has 0 amide bonds. The number of nitrogens with zero attached hydrogens (tertiary/aromatic N) is 3. The predicted octanol–water partition coefficient (Wildman–Crippen LogP) is -0.230. The van der Waals surface area contributed by atoms with Crippen LogP contribution < -0.4 is 5.32 Å². The van der Waals surface area contributed by atoms with E-state index in [1.165, 1.54) is 0 Å². The maximum absolute atomic E-state index is 12.0. The number of aromatic nitrogens is 3. The van der Waals surface area contributed by atoms with E-state index in [-0.39, 0.29) is 18.2 Å². The van der Waals surface area contributed by atoms with Crippen molar-refractivity contribution in [1.29, 1.82) is 0 Å². The van der Waals surface area contributed by atoms with Crippen molar-refractivity contribution in [1.82, 2.24) is 20.3 Å². The highest BCUT2D eigenvalue weighted by Gasteiger charge is 2.21. The number of hydrogen-bond acceptors (Lipinski definition) is 5. The van der Waals surface area contributed by atoms with Gasteiger partial charge in [-0.05, 0) is 32.9 Å². The third-order valence-electron chi connectivity index (χ3n) is 3.20. The van der Waals surface area contributed by atoms with E-state index in [2.05, 4.69) is 15.6 Å². The molecule has 1 atom stereocenters. The Labute approximate surface area is 106 Å². The zero-order valence-corrected chi connectivity index (χ0v) is 10.7. The van der Waals surface area contributed by atoms with Crippen LogP contribution in [-0.4, -0.2) is 45.1 Å². The van der Waals surface area contributed by atoms with E-state index >= 15 is 0 Å². The highest BCUT2D eigenvalue weighted by atomic mass is 16.3. The maximum atomic E-state index is 12.0. The molecule has 0 aromatic carbocycles. The standard InChI is InChI=1S/C12H20N4O2/c1-9(17)6-11-7-16(15-14-11)8-12(18)10-2-4-13-5-3-10/h7,9-10,13,17H,2-6,8H2,1H3. The molecule has 0 bridgehead atoms. The van der Waals surface area contributed by atoms with E-state index in [4.69, 9.17) is 0 Å². The highest BCUT2D eigenvalue weighted by molar-refractivity contribution is 5.80. The van der Waals surface area contributed by atoms with Crippen LogP contribution in [0.25, 0.3) is 0 Å². The van der Waals surface area contributed by atoms with E-state index in [1.54, 1.807) is 17.8 Å². The summed E-state index contributed by atoms with van der Waals surface area (Å²) in [6.07, 6.45) is 3.60. The van der Waals surface area contributed by atoms with Gasteiger partial charge in [-0.1, -0.05) is 5.21 Å². The second-order valence-corrected chi connectivity index (χ2v) is 4.95.